The average Bonchev–Trinajstić information content (AvgIpc) is 2.74. The molecule has 3 nitrogen and oxygen atoms in total. The van der Waals surface area contributed by atoms with Crippen LogP contribution in [0.5, 0.6) is 0 Å². The summed E-state index contributed by atoms with van der Waals surface area (Å²) in [5, 5.41) is 4.25. The SMILES string of the molecule is Cl.Cn1cc(-c2ccc3c(c2)C2(CC3)CC2N)cn1. The van der Waals surface area contributed by atoms with E-state index in [9.17, 15) is 0 Å². The molecule has 2 N–H and O–H groups in total. The highest BCUT2D eigenvalue weighted by molar-refractivity contribution is 5.85. The molecule has 1 fully saturated rings. The van der Waals surface area contributed by atoms with Gasteiger partial charge in [0, 0.05) is 30.3 Å². The van der Waals surface area contributed by atoms with Gasteiger partial charge in [-0.05, 0) is 36.0 Å². The number of halogens is 1. The van der Waals surface area contributed by atoms with Crippen molar-refractivity contribution in [2.75, 3.05) is 0 Å². The normalized spacial score (nSPS) is 27.2. The number of fused-ring (bicyclic) bond motifs is 2. The first kappa shape index (κ1) is 12.7. The predicted octanol–water partition coefficient (Wildman–Crippen LogP) is 2.42. The number of hydrogen-bond donors (Lipinski definition) is 1. The Morgan fingerprint density at radius 3 is 2.79 bits per heavy atom. The number of aryl methyl sites for hydroxylation is 2. The summed E-state index contributed by atoms with van der Waals surface area (Å²) in [6.07, 6.45) is 7.58. The van der Waals surface area contributed by atoms with E-state index in [1.807, 2.05) is 17.9 Å². The lowest BCUT2D eigenvalue weighted by Crippen LogP contribution is -2.15. The van der Waals surface area contributed by atoms with Gasteiger partial charge in [-0.1, -0.05) is 18.2 Å². The van der Waals surface area contributed by atoms with E-state index in [0.29, 0.717) is 11.5 Å². The van der Waals surface area contributed by atoms with Crippen LogP contribution in [0.1, 0.15) is 24.0 Å². The topological polar surface area (TPSA) is 43.8 Å². The molecule has 1 aromatic carbocycles. The van der Waals surface area contributed by atoms with Gasteiger partial charge < -0.3 is 5.73 Å². The Labute approximate surface area is 119 Å². The Morgan fingerprint density at radius 2 is 2.16 bits per heavy atom. The number of benzene rings is 1. The molecule has 4 rings (SSSR count). The van der Waals surface area contributed by atoms with E-state index in [1.54, 1.807) is 0 Å². The summed E-state index contributed by atoms with van der Waals surface area (Å²) in [5.41, 5.74) is 11.9. The molecule has 0 saturated heterocycles. The van der Waals surface area contributed by atoms with E-state index in [1.165, 1.54) is 35.1 Å². The summed E-state index contributed by atoms with van der Waals surface area (Å²) in [4.78, 5) is 0. The zero-order valence-corrected chi connectivity index (χ0v) is 11.8. The molecule has 19 heavy (non-hydrogen) atoms. The Hall–Kier alpha value is -1.32. The van der Waals surface area contributed by atoms with E-state index in [0.717, 1.165) is 6.42 Å². The molecule has 1 saturated carbocycles. The molecule has 100 valence electrons. The highest BCUT2D eigenvalue weighted by Gasteiger charge is 2.56. The van der Waals surface area contributed by atoms with E-state index >= 15 is 0 Å². The summed E-state index contributed by atoms with van der Waals surface area (Å²) in [6, 6.07) is 7.20. The molecular formula is C15H18ClN3. The van der Waals surface area contributed by atoms with Gasteiger partial charge in [0.25, 0.3) is 0 Å². The minimum Gasteiger partial charge on any atom is -0.327 e. The third-order valence-electron chi connectivity index (χ3n) is 4.66. The zero-order chi connectivity index (χ0) is 12.3. The maximum Gasteiger partial charge on any atom is 0.0568 e. The van der Waals surface area contributed by atoms with Crippen LogP contribution in [0.2, 0.25) is 0 Å². The van der Waals surface area contributed by atoms with Crippen molar-refractivity contribution in [2.24, 2.45) is 12.8 Å². The fourth-order valence-corrected chi connectivity index (χ4v) is 3.43. The van der Waals surface area contributed by atoms with Crippen LogP contribution in [-0.4, -0.2) is 15.8 Å². The molecule has 2 aromatic rings. The fraction of sp³-hybridized carbons (Fsp3) is 0.400. The second-order valence-electron chi connectivity index (χ2n) is 5.74. The van der Waals surface area contributed by atoms with Crippen LogP contribution >= 0.6 is 12.4 Å². The monoisotopic (exact) mass is 275 g/mol. The van der Waals surface area contributed by atoms with Crippen molar-refractivity contribution in [1.29, 1.82) is 0 Å². The van der Waals surface area contributed by atoms with Crippen LogP contribution in [0.25, 0.3) is 11.1 Å². The Bertz CT molecular complexity index is 634. The molecule has 0 aliphatic heterocycles. The van der Waals surface area contributed by atoms with Gasteiger partial charge in [-0.2, -0.15) is 5.10 Å². The third-order valence-corrected chi connectivity index (χ3v) is 4.66. The van der Waals surface area contributed by atoms with E-state index in [2.05, 4.69) is 29.5 Å². The number of rotatable bonds is 1. The number of aromatic nitrogens is 2. The molecule has 1 spiro atoms. The van der Waals surface area contributed by atoms with Gasteiger partial charge in [0.2, 0.25) is 0 Å². The van der Waals surface area contributed by atoms with Crippen molar-refractivity contribution < 1.29 is 0 Å². The third kappa shape index (κ3) is 1.72. The molecular weight excluding hydrogens is 258 g/mol. The van der Waals surface area contributed by atoms with Crippen molar-refractivity contribution in [3.63, 3.8) is 0 Å². The molecule has 4 heteroatoms. The highest BCUT2D eigenvalue weighted by Crippen LogP contribution is 2.56. The van der Waals surface area contributed by atoms with Crippen molar-refractivity contribution >= 4 is 12.4 Å². The van der Waals surface area contributed by atoms with Gasteiger partial charge >= 0.3 is 0 Å². The van der Waals surface area contributed by atoms with Crippen molar-refractivity contribution in [3.8, 4) is 11.1 Å². The smallest absolute Gasteiger partial charge is 0.0568 e. The van der Waals surface area contributed by atoms with Crippen molar-refractivity contribution in [1.82, 2.24) is 9.78 Å². The Kier molecular flexibility index (Phi) is 2.73. The Balaban J connectivity index is 0.00000110. The van der Waals surface area contributed by atoms with Crippen LogP contribution in [0, 0.1) is 0 Å². The van der Waals surface area contributed by atoms with E-state index in [4.69, 9.17) is 5.73 Å². The van der Waals surface area contributed by atoms with Crippen molar-refractivity contribution in [2.45, 2.75) is 30.7 Å². The number of nitrogens with zero attached hydrogens (tertiary/aromatic N) is 2. The van der Waals surface area contributed by atoms with Crippen LogP contribution in [0.15, 0.2) is 30.6 Å². The molecule has 2 unspecified atom stereocenters. The van der Waals surface area contributed by atoms with Gasteiger partial charge in [-0.3, -0.25) is 4.68 Å². The van der Waals surface area contributed by atoms with E-state index in [-0.39, 0.29) is 12.4 Å². The summed E-state index contributed by atoms with van der Waals surface area (Å²) in [5.74, 6) is 0. The summed E-state index contributed by atoms with van der Waals surface area (Å²) < 4.78 is 1.85. The highest BCUT2D eigenvalue weighted by atomic mass is 35.5. The average molecular weight is 276 g/mol. The largest absolute Gasteiger partial charge is 0.327 e. The first-order chi connectivity index (χ1) is 8.69. The van der Waals surface area contributed by atoms with Gasteiger partial charge in [0.1, 0.15) is 0 Å². The first-order valence-corrected chi connectivity index (χ1v) is 6.57. The maximum absolute atomic E-state index is 6.15. The van der Waals surface area contributed by atoms with Gasteiger partial charge in [-0.15, -0.1) is 12.4 Å². The lowest BCUT2D eigenvalue weighted by atomic mass is 9.94. The molecule has 0 radical (unpaired) electrons. The van der Waals surface area contributed by atoms with Crippen LogP contribution in [0.4, 0.5) is 0 Å². The minimum atomic E-state index is 0. The summed E-state index contributed by atoms with van der Waals surface area (Å²) in [6.45, 7) is 0. The zero-order valence-electron chi connectivity index (χ0n) is 11.0. The second-order valence-corrected chi connectivity index (χ2v) is 5.74. The molecule has 2 aliphatic carbocycles. The molecule has 0 bridgehead atoms. The minimum absolute atomic E-state index is 0. The molecule has 1 heterocycles. The maximum atomic E-state index is 6.15. The first-order valence-electron chi connectivity index (χ1n) is 6.57. The molecule has 2 atom stereocenters. The summed E-state index contributed by atoms with van der Waals surface area (Å²) >= 11 is 0. The van der Waals surface area contributed by atoms with Gasteiger partial charge in [0.05, 0.1) is 6.20 Å². The predicted molar refractivity (Wildman–Crippen MR) is 78.5 cm³/mol. The molecule has 1 aromatic heterocycles. The van der Waals surface area contributed by atoms with E-state index < -0.39 is 0 Å². The van der Waals surface area contributed by atoms with Gasteiger partial charge in [-0.25, -0.2) is 0 Å². The van der Waals surface area contributed by atoms with Crippen molar-refractivity contribution in [3.05, 3.63) is 41.7 Å². The molecule has 0 amide bonds. The fourth-order valence-electron chi connectivity index (χ4n) is 3.43. The lowest BCUT2D eigenvalue weighted by Gasteiger charge is -2.11. The quantitative estimate of drug-likeness (QED) is 0.869. The van der Waals surface area contributed by atoms with Gasteiger partial charge in [0.15, 0.2) is 0 Å². The van der Waals surface area contributed by atoms with Crippen LogP contribution < -0.4 is 5.73 Å². The summed E-state index contributed by atoms with van der Waals surface area (Å²) in [7, 11) is 1.95. The second kappa shape index (κ2) is 4.09. The standard InChI is InChI=1S/C15H17N3.ClH/c1-18-9-12(8-17-18)11-3-2-10-4-5-15(7-14(15)16)13(10)6-11;/h2-3,6,8-9,14H,4-5,7,16H2,1H3;1H. The number of nitrogens with two attached hydrogens (primary N) is 1. The molecule has 2 aliphatic rings. The Morgan fingerprint density at radius 1 is 1.37 bits per heavy atom. The number of hydrogen-bond acceptors (Lipinski definition) is 2. The van der Waals surface area contributed by atoms with Crippen LogP contribution in [0.3, 0.4) is 0 Å². The van der Waals surface area contributed by atoms with Crippen LogP contribution in [-0.2, 0) is 18.9 Å². The lowest BCUT2D eigenvalue weighted by molar-refractivity contribution is 0.651.